The van der Waals surface area contributed by atoms with E-state index in [0.29, 0.717) is 10.5 Å². The first-order valence-corrected chi connectivity index (χ1v) is 7.03. The topological polar surface area (TPSA) is 37.3 Å². The van der Waals surface area contributed by atoms with E-state index in [-0.39, 0.29) is 16.9 Å². The Morgan fingerprint density at radius 1 is 1.11 bits per heavy atom. The van der Waals surface area contributed by atoms with Gasteiger partial charge in [0.1, 0.15) is 6.10 Å². The summed E-state index contributed by atoms with van der Waals surface area (Å²) in [6.45, 7) is 0. The van der Waals surface area contributed by atoms with E-state index < -0.39 is 28.5 Å². The van der Waals surface area contributed by atoms with Crippen LogP contribution in [0.3, 0.4) is 0 Å². The quantitative estimate of drug-likeness (QED) is 0.805. The Labute approximate surface area is 111 Å². The van der Waals surface area contributed by atoms with E-state index >= 15 is 0 Å². The summed E-state index contributed by atoms with van der Waals surface area (Å²) in [6.07, 6.45) is -1.09. The van der Waals surface area contributed by atoms with Gasteiger partial charge < -0.3 is 5.11 Å². The van der Waals surface area contributed by atoms with Gasteiger partial charge in [0, 0.05) is 16.0 Å². The second-order valence-corrected chi connectivity index (χ2v) is 5.78. The van der Waals surface area contributed by atoms with E-state index in [4.69, 9.17) is 0 Å². The maximum absolute atomic E-state index is 13.8. The highest BCUT2D eigenvalue weighted by Gasteiger charge is 2.28. The van der Waals surface area contributed by atoms with Crippen molar-refractivity contribution in [2.24, 2.45) is 0 Å². The number of rotatable bonds is 0. The summed E-state index contributed by atoms with van der Waals surface area (Å²) >= 11 is 0. The molecule has 2 aromatic rings. The smallest absolute Gasteiger partial charge is 0.163 e. The van der Waals surface area contributed by atoms with E-state index in [9.17, 15) is 18.1 Å². The molecule has 0 radical (unpaired) electrons. The molecule has 0 amide bonds. The molecule has 2 atom stereocenters. The highest BCUT2D eigenvalue weighted by molar-refractivity contribution is 7.84. The second-order valence-electron chi connectivity index (χ2n) is 4.36. The fourth-order valence-electron chi connectivity index (χ4n) is 2.30. The third kappa shape index (κ3) is 1.89. The Kier molecular flexibility index (Phi) is 2.95. The molecular weight excluding hydrogens is 270 g/mol. The Hall–Kier alpha value is -1.59. The minimum absolute atomic E-state index is 0.0120. The van der Waals surface area contributed by atoms with Crippen LogP contribution in [0.5, 0.6) is 0 Å². The van der Waals surface area contributed by atoms with Crippen LogP contribution in [0.25, 0.3) is 0 Å². The first-order chi connectivity index (χ1) is 9.09. The Bertz CT molecular complexity index is 685. The maximum atomic E-state index is 13.8. The van der Waals surface area contributed by atoms with Crippen LogP contribution in [0, 0.1) is 11.6 Å². The fraction of sp³-hybridized carbons (Fsp3) is 0.143. The van der Waals surface area contributed by atoms with Crippen molar-refractivity contribution in [2.75, 3.05) is 0 Å². The molecule has 1 aliphatic rings. The fourth-order valence-corrected chi connectivity index (χ4v) is 3.68. The summed E-state index contributed by atoms with van der Waals surface area (Å²) in [6, 6.07) is 9.02. The van der Waals surface area contributed by atoms with E-state index in [2.05, 4.69) is 0 Å². The van der Waals surface area contributed by atoms with Crippen LogP contribution in [-0.2, 0) is 16.6 Å². The van der Waals surface area contributed by atoms with Crippen molar-refractivity contribution in [3.63, 3.8) is 0 Å². The molecule has 0 aromatic heterocycles. The van der Waals surface area contributed by atoms with Gasteiger partial charge in [0.15, 0.2) is 11.6 Å². The van der Waals surface area contributed by atoms with Gasteiger partial charge in [0.05, 0.1) is 16.6 Å². The maximum Gasteiger partial charge on any atom is 0.163 e. The molecule has 1 aliphatic heterocycles. The predicted molar refractivity (Wildman–Crippen MR) is 67.0 cm³/mol. The van der Waals surface area contributed by atoms with Crippen molar-refractivity contribution < 1.29 is 18.1 Å². The number of benzene rings is 2. The van der Waals surface area contributed by atoms with Gasteiger partial charge >= 0.3 is 0 Å². The molecule has 2 nitrogen and oxygen atoms in total. The zero-order chi connectivity index (χ0) is 13.6. The van der Waals surface area contributed by atoms with Crippen molar-refractivity contribution in [1.29, 1.82) is 0 Å². The van der Waals surface area contributed by atoms with Crippen molar-refractivity contribution >= 4 is 10.8 Å². The van der Waals surface area contributed by atoms with Gasteiger partial charge in [-0.15, -0.1) is 0 Å². The third-order valence-electron chi connectivity index (χ3n) is 3.26. The highest BCUT2D eigenvalue weighted by atomic mass is 32.2. The molecule has 0 spiro atoms. The zero-order valence-electron chi connectivity index (χ0n) is 9.77. The number of aliphatic hydroxyl groups excluding tert-OH is 1. The molecule has 0 saturated heterocycles. The number of fused-ring (bicyclic) bond motifs is 2. The van der Waals surface area contributed by atoms with Gasteiger partial charge in [0.2, 0.25) is 0 Å². The molecule has 3 rings (SSSR count). The molecule has 5 heteroatoms. The summed E-state index contributed by atoms with van der Waals surface area (Å²) < 4.78 is 39.3. The lowest BCUT2D eigenvalue weighted by molar-refractivity contribution is 0.216. The number of halogens is 2. The van der Waals surface area contributed by atoms with Gasteiger partial charge in [-0.3, -0.25) is 4.21 Å². The molecule has 19 heavy (non-hydrogen) atoms. The lowest BCUT2D eigenvalue weighted by atomic mass is 9.97. The van der Waals surface area contributed by atoms with Crippen LogP contribution in [0.2, 0.25) is 0 Å². The van der Waals surface area contributed by atoms with Crippen LogP contribution in [0.1, 0.15) is 22.8 Å². The number of hydrogen-bond donors (Lipinski definition) is 1. The predicted octanol–water partition coefficient (Wildman–Crippen LogP) is 2.67. The Morgan fingerprint density at radius 3 is 2.63 bits per heavy atom. The molecule has 1 heterocycles. The number of hydrogen-bond acceptors (Lipinski definition) is 2. The average Bonchev–Trinajstić information content (AvgIpc) is 2.53. The number of aliphatic hydroxyl groups is 1. The van der Waals surface area contributed by atoms with Crippen molar-refractivity contribution in [3.8, 4) is 0 Å². The SMILES string of the molecule is O=S1Cc2c(ccc(F)c2F)C(O)c2ccccc21. The second kappa shape index (κ2) is 4.51. The van der Waals surface area contributed by atoms with E-state index in [0.717, 1.165) is 6.07 Å². The lowest BCUT2D eigenvalue weighted by Gasteiger charge is -2.13. The first kappa shape index (κ1) is 12.4. The molecule has 1 N–H and O–H groups in total. The lowest BCUT2D eigenvalue weighted by Crippen LogP contribution is -2.05. The minimum atomic E-state index is -1.50. The van der Waals surface area contributed by atoms with Gasteiger partial charge in [-0.05, 0) is 17.7 Å². The Balaban J connectivity index is 2.29. The molecule has 0 bridgehead atoms. The molecule has 0 fully saturated rings. The van der Waals surface area contributed by atoms with Crippen LogP contribution in [0.15, 0.2) is 41.3 Å². The monoisotopic (exact) mass is 280 g/mol. The summed E-state index contributed by atoms with van der Waals surface area (Å²) in [5, 5.41) is 10.3. The van der Waals surface area contributed by atoms with Crippen LogP contribution >= 0.6 is 0 Å². The molecular formula is C14H10F2O2S. The van der Waals surface area contributed by atoms with Crippen LogP contribution in [0.4, 0.5) is 8.78 Å². The minimum Gasteiger partial charge on any atom is -0.384 e. The van der Waals surface area contributed by atoms with Crippen molar-refractivity contribution in [1.82, 2.24) is 0 Å². The summed E-state index contributed by atoms with van der Waals surface area (Å²) in [4.78, 5) is 0.464. The first-order valence-electron chi connectivity index (χ1n) is 5.71. The van der Waals surface area contributed by atoms with Gasteiger partial charge in [0.25, 0.3) is 0 Å². The van der Waals surface area contributed by atoms with Gasteiger partial charge in [-0.25, -0.2) is 8.78 Å². The molecule has 98 valence electrons. The molecule has 0 aliphatic carbocycles. The van der Waals surface area contributed by atoms with E-state index in [1.54, 1.807) is 24.3 Å². The normalized spacial score (nSPS) is 21.4. The summed E-state index contributed by atoms with van der Waals surface area (Å²) in [7, 11) is -1.50. The highest BCUT2D eigenvalue weighted by Crippen LogP contribution is 2.35. The molecule has 2 aromatic carbocycles. The third-order valence-corrected chi connectivity index (χ3v) is 4.67. The zero-order valence-corrected chi connectivity index (χ0v) is 10.6. The van der Waals surface area contributed by atoms with E-state index in [1.807, 2.05) is 0 Å². The Morgan fingerprint density at radius 2 is 1.84 bits per heavy atom. The summed E-state index contributed by atoms with van der Waals surface area (Å²) in [5.41, 5.74) is 0.741. The summed E-state index contributed by atoms with van der Waals surface area (Å²) in [5.74, 6) is -2.15. The van der Waals surface area contributed by atoms with Crippen LogP contribution in [-0.4, -0.2) is 9.32 Å². The largest absolute Gasteiger partial charge is 0.384 e. The molecule has 2 unspecified atom stereocenters. The standard InChI is InChI=1S/C14H10F2O2S/c15-11-6-5-8-10(13(11)16)7-19(18)12-4-2-1-3-9(12)14(8)17/h1-6,14,17H,7H2. The van der Waals surface area contributed by atoms with Crippen molar-refractivity contribution in [2.45, 2.75) is 16.8 Å². The van der Waals surface area contributed by atoms with Gasteiger partial charge in [-0.2, -0.15) is 0 Å². The van der Waals surface area contributed by atoms with Gasteiger partial charge in [-0.1, -0.05) is 24.3 Å². The van der Waals surface area contributed by atoms with Crippen LogP contribution < -0.4 is 0 Å². The van der Waals surface area contributed by atoms with Crippen molar-refractivity contribution in [3.05, 3.63) is 64.7 Å². The average molecular weight is 280 g/mol. The molecule has 0 saturated carbocycles. The van der Waals surface area contributed by atoms with E-state index in [1.165, 1.54) is 6.07 Å².